The molecule has 1 aliphatic rings. The summed E-state index contributed by atoms with van der Waals surface area (Å²) in [5.41, 5.74) is -1.51. The predicted octanol–water partition coefficient (Wildman–Crippen LogP) is 5.33. The highest BCUT2D eigenvalue weighted by Gasteiger charge is 2.35. The van der Waals surface area contributed by atoms with Gasteiger partial charge < -0.3 is 19.7 Å². The lowest BCUT2D eigenvalue weighted by Gasteiger charge is -2.36. The van der Waals surface area contributed by atoms with Crippen LogP contribution in [0, 0.1) is 5.92 Å². The van der Waals surface area contributed by atoms with Gasteiger partial charge in [0.2, 0.25) is 0 Å². The first-order chi connectivity index (χ1) is 14.3. The summed E-state index contributed by atoms with van der Waals surface area (Å²) in [4.78, 5) is 25.8. The lowest BCUT2D eigenvalue weighted by atomic mass is 9.90. The van der Waals surface area contributed by atoms with Crippen LogP contribution in [0.1, 0.15) is 63.4 Å². The number of likely N-dealkylation sites (tertiary alicyclic amines) is 1. The van der Waals surface area contributed by atoms with Gasteiger partial charge in [0.25, 0.3) is 0 Å². The number of hydrogen-bond donors (Lipinski definition) is 1. The van der Waals surface area contributed by atoms with Crippen molar-refractivity contribution in [1.82, 2.24) is 4.90 Å². The van der Waals surface area contributed by atoms with E-state index in [9.17, 15) is 22.8 Å². The fourth-order valence-corrected chi connectivity index (χ4v) is 3.52. The molecule has 0 spiro atoms. The van der Waals surface area contributed by atoms with Gasteiger partial charge >= 0.3 is 18.2 Å². The molecule has 1 aliphatic heterocycles. The number of esters is 1. The standard InChI is InChI=1S/C22H31F3N2O4/c1-6-30-19(28)16-7-8-17(22(23,24)25)18(13-16)26-14(2)15-9-11-27(12-10-15)20(29)31-21(3,4)5/h7-8,13-15,26H,6,9-12H2,1-5H3/t14-/m1/s1. The van der Waals surface area contributed by atoms with Gasteiger partial charge in [-0.3, -0.25) is 0 Å². The fraction of sp³-hybridized carbons (Fsp3) is 0.636. The minimum atomic E-state index is -4.56. The summed E-state index contributed by atoms with van der Waals surface area (Å²) in [6.45, 7) is 9.92. The average molecular weight is 444 g/mol. The molecule has 6 nitrogen and oxygen atoms in total. The van der Waals surface area contributed by atoms with Crippen molar-refractivity contribution in [1.29, 1.82) is 0 Å². The van der Waals surface area contributed by atoms with E-state index < -0.39 is 23.3 Å². The van der Waals surface area contributed by atoms with E-state index in [1.165, 1.54) is 6.07 Å². The minimum Gasteiger partial charge on any atom is -0.462 e. The molecule has 0 unspecified atom stereocenters. The number of piperidine rings is 1. The molecule has 1 aromatic carbocycles. The van der Waals surface area contributed by atoms with E-state index in [2.05, 4.69) is 5.32 Å². The Morgan fingerprint density at radius 1 is 1.19 bits per heavy atom. The van der Waals surface area contributed by atoms with Crippen molar-refractivity contribution in [2.45, 2.75) is 65.3 Å². The Morgan fingerprint density at radius 3 is 2.32 bits per heavy atom. The summed E-state index contributed by atoms with van der Waals surface area (Å²) in [6.07, 6.45) is -3.68. The number of rotatable bonds is 5. The summed E-state index contributed by atoms with van der Waals surface area (Å²) in [5.74, 6) is -0.608. The highest BCUT2D eigenvalue weighted by atomic mass is 19.4. The predicted molar refractivity (Wildman–Crippen MR) is 111 cm³/mol. The molecule has 0 radical (unpaired) electrons. The molecule has 1 N–H and O–H groups in total. The molecule has 1 amide bonds. The number of alkyl halides is 3. The fourth-order valence-electron chi connectivity index (χ4n) is 3.52. The van der Waals surface area contributed by atoms with Crippen LogP contribution in [-0.2, 0) is 15.7 Å². The number of hydrogen-bond acceptors (Lipinski definition) is 5. The Kier molecular flexibility index (Phi) is 7.83. The van der Waals surface area contributed by atoms with Crippen LogP contribution in [0.2, 0.25) is 0 Å². The van der Waals surface area contributed by atoms with E-state index in [0.29, 0.717) is 25.9 Å². The number of amides is 1. The first-order valence-corrected chi connectivity index (χ1v) is 10.4. The van der Waals surface area contributed by atoms with E-state index in [0.717, 1.165) is 12.1 Å². The van der Waals surface area contributed by atoms with Crippen LogP contribution in [0.4, 0.5) is 23.7 Å². The lowest BCUT2D eigenvalue weighted by molar-refractivity contribution is -0.137. The maximum atomic E-state index is 13.5. The maximum Gasteiger partial charge on any atom is 0.418 e. The van der Waals surface area contributed by atoms with Gasteiger partial charge in [-0.2, -0.15) is 13.2 Å². The van der Waals surface area contributed by atoms with Crippen LogP contribution in [0.15, 0.2) is 18.2 Å². The highest BCUT2D eigenvalue weighted by molar-refractivity contribution is 5.91. The monoisotopic (exact) mass is 444 g/mol. The third-order valence-corrected chi connectivity index (χ3v) is 5.12. The number of benzene rings is 1. The van der Waals surface area contributed by atoms with E-state index >= 15 is 0 Å². The van der Waals surface area contributed by atoms with Gasteiger partial charge in [-0.25, -0.2) is 9.59 Å². The molecule has 174 valence electrons. The molecule has 1 aromatic rings. The Bertz CT molecular complexity index is 782. The number of ether oxygens (including phenoxy) is 2. The van der Waals surface area contributed by atoms with Crippen molar-refractivity contribution in [3.05, 3.63) is 29.3 Å². The molecule has 1 heterocycles. The third-order valence-electron chi connectivity index (χ3n) is 5.12. The average Bonchev–Trinajstić information content (AvgIpc) is 2.66. The Morgan fingerprint density at radius 2 is 1.81 bits per heavy atom. The van der Waals surface area contributed by atoms with Crippen LogP contribution in [-0.4, -0.2) is 48.3 Å². The zero-order valence-electron chi connectivity index (χ0n) is 18.6. The zero-order valence-corrected chi connectivity index (χ0v) is 18.6. The van der Waals surface area contributed by atoms with Crippen molar-refractivity contribution in [2.75, 3.05) is 25.0 Å². The SMILES string of the molecule is CCOC(=O)c1ccc(C(F)(F)F)c(N[C@H](C)C2CCN(C(=O)OC(C)(C)C)CC2)c1. The topological polar surface area (TPSA) is 67.9 Å². The molecule has 0 bridgehead atoms. The van der Waals surface area contributed by atoms with Gasteiger partial charge in [-0.15, -0.1) is 0 Å². The normalized spacial score (nSPS) is 16.6. The summed E-state index contributed by atoms with van der Waals surface area (Å²) in [7, 11) is 0. The van der Waals surface area contributed by atoms with Gasteiger partial charge in [0.05, 0.1) is 17.7 Å². The van der Waals surface area contributed by atoms with Crippen LogP contribution < -0.4 is 5.32 Å². The second-order valence-electron chi connectivity index (χ2n) is 8.72. The van der Waals surface area contributed by atoms with Crippen molar-refractivity contribution in [3.8, 4) is 0 Å². The van der Waals surface area contributed by atoms with Gasteiger partial charge in [0, 0.05) is 24.8 Å². The molecule has 31 heavy (non-hydrogen) atoms. The van der Waals surface area contributed by atoms with Gasteiger partial charge in [0.15, 0.2) is 0 Å². The molecule has 1 fully saturated rings. The number of anilines is 1. The van der Waals surface area contributed by atoms with Gasteiger partial charge in [0.1, 0.15) is 5.60 Å². The van der Waals surface area contributed by atoms with Crippen molar-refractivity contribution in [3.63, 3.8) is 0 Å². The number of nitrogens with one attached hydrogen (secondary N) is 1. The molecule has 0 aliphatic carbocycles. The van der Waals surface area contributed by atoms with Gasteiger partial charge in [-0.1, -0.05) is 0 Å². The summed E-state index contributed by atoms with van der Waals surface area (Å²) in [6, 6.07) is 2.91. The largest absolute Gasteiger partial charge is 0.462 e. The van der Waals surface area contributed by atoms with Crippen LogP contribution in [0.3, 0.4) is 0 Å². The number of carbonyl (C=O) groups is 2. The molecule has 1 saturated heterocycles. The molecule has 2 rings (SSSR count). The summed E-state index contributed by atoms with van der Waals surface area (Å²) in [5, 5.41) is 2.94. The van der Waals surface area contributed by atoms with E-state index in [1.807, 2.05) is 6.92 Å². The van der Waals surface area contributed by atoms with Crippen LogP contribution in [0.25, 0.3) is 0 Å². The number of carbonyl (C=O) groups excluding carboxylic acids is 2. The van der Waals surface area contributed by atoms with Crippen molar-refractivity contribution in [2.24, 2.45) is 5.92 Å². The maximum absolute atomic E-state index is 13.5. The lowest BCUT2D eigenvalue weighted by Crippen LogP contribution is -2.44. The summed E-state index contributed by atoms with van der Waals surface area (Å²) >= 11 is 0. The van der Waals surface area contributed by atoms with E-state index in [-0.39, 0.29) is 35.9 Å². The Labute approximate surface area is 181 Å². The summed E-state index contributed by atoms with van der Waals surface area (Å²) < 4.78 is 50.7. The van der Waals surface area contributed by atoms with Gasteiger partial charge in [-0.05, 0) is 71.6 Å². The zero-order chi connectivity index (χ0) is 23.4. The second-order valence-corrected chi connectivity index (χ2v) is 8.72. The van der Waals surface area contributed by atoms with E-state index in [4.69, 9.17) is 9.47 Å². The first-order valence-electron chi connectivity index (χ1n) is 10.4. The Hall–Kier alpha value is -2.45. The number of nitrogens with zero attached hydrogens (tertiary/aromatic N) is 1. The first kappa shape index (κ1) is 24.8. The molecule has 0 saturated carbocycles. The third kappa shape index (κ3) is 7.04. The highest BCUT2D eigenvalue weighted by Crippen LogP contribution is 2.36. The van der Waals surface area contributed by atoms with Crippen molar-refractivity contribution < 1.29 is 32.2 Å². The molecular weight excluding hydrogens is 413 g/mol. The molecule has 9 heteroatoms. The molecule has 1 atom stereocenters. The molecular formula is C22H31F3N2O4. The second kappa shape index (κ2) is 9.78. The Balaban J connectivity index is 2.09. The quantitative estimate of drug-likeness (QED) is 0.622. The van der Waals surface area contributed by atoms with Crippen LogP contribution >= 0.6 is 0 Å². The van der Waals surface area contributed by atoms with E-state index in [1.54, 1.807) is 32.6 Å². The number of halogens is 3. The minimum absolute atomic E-state index is 0.0595. The van der Waals surface area contributed by atoms with Crippen molar-refractivity contribution >= 4 is 17.7 Å². The molecule has 0 aromatic heterocycles. The smallest absolute Gasteiger partial charge is 0.418 e. The van der Waals surface area contributed by atoms with Crippen LogP contribution in [0.5, 0.6) is 0 Å².